The molecule has 10 heteroatoms. The minimum Gasteiger partial charge on any atom is -0.356 e. The molecular weight excluding hydrogens is 486 g/mol. The minimum absolute atomic E-state index is 0. The standard InChI is InChI=1S/C18H32F3N5O.HI/c1-14-5-4-8-26(13-14)16(27)6-7-23-17(22-3)25-11-9-24(10-12-25)15(2)18(19,20)21;/h14-15H,4-13H2,1-3H3,(H,22,23);1H. The van der Waals surface area contributed by atoms with E-state index in [9.17, 15) is 18.0 Å². The van der Waals surface area contributed by atoms with Crippen LogP contribution in [0.15, 0.2) is 4.99 Å². The van der Waals surface area contributed by atoms with Crippen molar-refractivity contribution >= 4 is 35.8 Å². The summed E-state index contributed by atoms with van der Waals surface area (Å²) in [5.74, 6) is 1.35. The van der Waals surface area contributed by atoms with E-state index in [-0.39, 0.29) is 29.9 Å². The summed E-state index contributed by atoms with van der Waals surface area (Å²) in [6, 6.07) is -1.43. The average molecular weight is 519 g/mol. The van der Waals surface area contributed by atoms with Gasteiger partial charge in [-0.25, -0.2) is 0 Å². The zero-order chi connectivity index (χ0) is 20.0. The molecule has 2 heterocycles. The van der Waals surface area contributed by atoms with Crippen LogP contribution in [0.2, 0.25) is 0 Å². The SMILES string of the molecule is CN=C(NCCC(=O)N1CCCC(C)C1)N1CCN(C(C)C(F)(F)F)CC1.I. The summed E-state index contributed by atoms with van der Waals surface area (Å²) in [4.78, 5) is 21.9. The molecule has 2 rings (SSSR count). The number of hydrogen-bond donors (Lipinski definition) is 1. The van der Waals surface area contributed by atoms with Gasteiger partial charge >= 0.3 is 6.18 Å². The van der Waals surface area contributed by atoms with Gasteiger partial charge in [0, 0.05) is 59.3 Å². The van der Waals surface area contributed by atoms with Gasteiger partial charge in [0.2, 0.25) is 5.91 Å². The van der Waals surface area contributed by atoms with Gasteiger partial charge < -0.3 is 15.1 Å². The van der Waals surface area contributed by atoms with Crippen LogP contribution in [0.4, 0.5) is 13.2 Å². The van der Waals surface area contributed by atoms with Gasteiger partial charge in [-0.05, 0) is 25.7 Å². The summed E-state index contributed by atoms with van der Waals surface area (Å²) < 4.78 is 38.5. The van der Waals surface area contributed by atoms with Crippen molar-refractivity contribution in [2.24, 2.45) is 10.9 Å². The second-order valence-electron chi connectivity index (χ2n) is 7.55. The molecule has 2 atom stereocenters. The monoisotopic (exact) mass is 519 g/mol. The number of piperazine rings is 1. The first-order valence-corrected chi connectivity index (χ1v) is 9.76. The minimum atomic E-state index is -4.20. The van der Waals surface area contributed by atoms with Crippen molar-refractivity contribution in [1.29, 1.82) is 0 Å². The fourth-order valence-corrected chi connectivity index (χ4v) is 3.72. The maximum Gasteiger partial charge on any atom is 0.403 e. The molecule has 28 heavy (non-hydrogen) atoms. The van der Waals surface area contributed by atoms with Crippen LogP contribution < -0.4 is 5.32 Å². The highest BCUT2D eigenvalue weighted by atomic mass is 127. The van der Waals surface area contributed by atoms with Gasteiger partial charge in [-0.3, -0.25) is 14.7 Å². The van der Waals surface area contributed by atoms with Crippen molar-refractivity contribution in [2.45, 2.75) is 45.3 Å². The van der Waals surface area contributed by atoms with E-state index in [2.05, 4.69) is 17.2 Å². The number of rotatable bonds is 4. The van der Waals surface area contributed by atoms with Crippen molar-refractivity contribution in [2.75, 3.05) is 52.9 Å². The van der Waals surface area contributed by atoms with Gasteiger partial charge in [0.15, 0.2) is 5.96 Å². The molecule has 0 aliphatic carbocycles. The summed E-state index contributed by atoms with van der Waals surface area (Å²) >= 11 is 0. The lowest BCUT2D eigenvalue weighted by molar-refractivity contribution is -0.181. The number of likely N-dealkylation sites (tertiary alicyclic amines) is 1. The molecule has 0 saturated carbocycles. The first-order valence-electron chi connectivity index (χ1n) is 9.76. The molecule has 2 aliphatic heterocycles. The van der Waals surface area contributed by atoms with Crippen LogP contribution >= 0.6 is 24.0 Å². The van der Waals surface area contributed by atoms with Gasteiger partial charge in [0.05, 0.1) is 0 Å². The summed E-state index contributed by atoms with van der Waals surface area (Å²) in [5.41, 5.74) is 0. The Labute approximate surface area is 182 Å². The molecule has 6 nitrogen and oxygen atoms in total. The Hall–Kier alpha value is -0.780. The zero-order valence-electron chi connectivity index (χ0n) is 17.0. The number of nitrogens with one attached hydrogen (secondary N) is 1. The Morgan fingerprint density at radius 3 is 2.36 bits per heavy atom. The van der Waals surface area contributed by atoms with Crippen LogP contribution in [0, 0.1) is 5.92 Å². The fourth-order valence-electron chi connectivity index (χ4n) is 3.72. The summed E-state index contributed by atoms with van der Waals surface area (Å²) in [6.45, 7) is 7.15. The van der Waals surface area contributed by atoms with E-state index < -0.39 is 12.2 Å². The third kappa shape index (κ3) is 7.23. The van der Waals surface area contributed by atoms with E-state index in [0.29, 0.717) is 51.0 Å². The summed E-state index contributed by atoms with van der Waals surface area (Å²) in [5, 5.41) is 3.18. The molecule has 0 bridgehead atoms. The molecule has 0 aromatic rings. The molecule has 0 aromatic carbocycles. The van der Waals surface area contributed by atoms with Crippen LogP contribution in [0.3, 0.4) is 0 Å². The number of carbonyl (C=O) groups is 1. The molecule has 2 aliphatic rings. The molecule has 1 amide bonds. The first kappa shape index (κ1) is 25.3. The number of halogens is 4. The Morgan fingerprint density at radius 1 is 1.18 bits per heavy atom. The summed E-state index contributed by atoms with van der Waals surface area (Å²) in [6.07, 6.45) is -1.57. The fraction of sp³-hybridized carbons (Fsp3) is 0.889. The Morgan fingerprint density at radius 2 is 1.82 bits per heavy atom. The van der Waals surface area contributed by atoms with E-state index in [4.69, 9.17) is 0 Å². The van der Waals surface area contributed by atoms with E-state index >= 15 is 0 Å². The van der Waals surface area contributed by atoms with Crippen molar-refractivity contribution < 1.29 is 18.0 Å². The predicted octanol–water partition coefficient (Wildman–Crippen LogP) is 2.40. The normalized spacial score (nSPS) is 23.2. The Kier molecular flexibility index (Phi) is 10.3. The van der Waals surface area contributed by atoms with Crippen molar-refractivity contribution in [3.05, 3.63) is 0 Å². The molecule has 2 saturated heterocycles. The van der Waals surface area contributed by atoms with Gasteiger partial charge in [0.1, 0.15) is 6.04 Å². The Bertz CT molecular complexity index is 524. The molecule has 0 spiro atoms. The third-order valence-corrected chi connectivity index (χ3v) is 5.48. The first-order chi connectivity index (χ1) is 12.7. The number of aliphatic imine (C=N–C) groups is 1. The Balaban J connectivity index is 0.00000392. The van der Waals surface area contributed by atoms with Crippen LogP contribution in [-0.2, 0) is 4.79 Å². The predicted molar refractivity (Wildman–Crippen MR) is 115 cm³/mol. The van der Waals surface area contributed by atoms with Crippen LogP contribution in [0.5, 0.6) is 0 Å². The molecule has 1 N–H and O–H groups in total. The molecular formula is C18H33F3IN5O. The number of piperidine rings is 1. The van der Waals surface area contributed by atoms with Gasteiger partial charge in [0.25, 0.3) is 0 Å². The van der Waals surface area contributed by atoms with Gasteiger partial charge in [-0.2, -0.15) is 13.2 Å². The second-order valence-corrected chi connectivity index (χ2v) is 7.55. The highest BCUT2D eigenvalue weighted by Gasteiger charge is 2.41. The number of carbonyl (C=O) groups excluding carboxylic acids is 1. The summed E-state index contributed by atoms with van der Waals surface area (Å²) in [7, 11) is 1.65. The number of amides is 1. The zero-order valence-corrected chi connectivity index (χ0v) is 19.3. The number of alkyl halides is 3. The molecule has 164 valence electrons. The van der Waals surface area contributed by atoms with E-state index in [1.54, 1.807) is 7.05 Å². The van der Waals surface area contributed by atoms with Crippen LogP contribution in [-0.4, -0.2) is 91.6 Å². The van der Waals surface area contributed by atoms with Crippen molar-refractivity contribution in [3.63, 3.8) is 0 Å². The smallest absolute Gasteiger partial charge is 0.356 e. The molecule has 0 aromatic heterocycles. The number of nitrogens with zero attached hydrogens (tertiary/aromatic N) is 4. The van der Waals surface area contributed by atoms with E-state index in [0.717, 1.165) is 19.5 Å². The van der Waals surface area contributed by atoms with Crippen LogP contribution in [0.1, 0.15) is 33.1 Å². The quantitative estimate of drug-likeness (QED) is 0.352. The number of hydrogen-bond acceptors (Lipinski definition) is 3. The lowest BCUT2D eigenvalue weighted by Gasteiger charge is -2.39. The molecule has 0 radical (unpaired) electrons. The third-order valence-electron chi connectivity index (χ3n) is 5.48. The van der Waals surface area contributed by atoms with Crippen molar-refractivity contribution in [3.8, 4) is 0 Å². The number of guanidine groups is 1. The molecule has 2 unspecified atom stereocenters. The maximum absolute atomic E-state index is 12.8. The second kappa shape index (κ2) is 11.4. The van der Waals surface area contributed by atoms with Gasteiger partial charge in [-0.1, -0.05) is 6.92 Å². The average Bonchev–Trinajstić information content (AvgIpc) is 2.64. The topological polar surface area (TPSA) is 51.2 Å². The van der Waals surface area contributed by atoms with Crippen molar-refractivity contribution in [1.82, 2.24) is 20.0 Å². The van der Waals surface area contributed by atoms with Crippen LogP contribution in [0.25, 0.3) is 0 Å². The maximum atomic E-state index is 12.8. The highest BCUT2D eigenvalue weighted by Crippen LogP contribution is 2.25. The largest absolute Gasteiger partial charge is 0.403 e. The lowest BCUT2D eigenvalue weighted by Crippen LogP contribution is -2.57. The highest BCUT2D eigenvalue weighted by molar-refractivity contribution is 14.0. The molecule has 2 fully saturated rings. The van der Waals surface area contributed by atoms with E-state index in [1.807, 2.05) is 9.80 Å². The lowest BCUT2D eigenvalue weighted by atomic mass is 10.00. The van der Waals surface area contributed by atoms with Gasteiger partial charge in [-0.15, -0.1) is 24.0 Å². The van der Waals surface area contributed by atoms with E-state index in [1.165, 1.54) is 18.2 Å².